The molecule has 1 nitrogen and oxygen atoms in total. The van der Waals surface area contributed by atoms with Crippen molar-refractivity contribution in [2.75, 3.05) is 0 Å². The molecule has 0 aliphatic carbocycles. The lowest BCUT2D eigenvalue weighted by Crippen LogP contribution is -1.94. The Morgan fingerprint density at radius 3 is 1.71 bits per heavy atom. The van der Waals surface area contributed by atoms with Crippen LogP contribution in [0.3, 0.4) is 0 Å². The molecule has 0 aliphatic heterocycles. The summed E-state index contributed by atoms with van der Waals surface area (Å²) in [4.78, 5) is 10.7. The second-order valence-corrected chi connectivity index (χ2v) is 5.40. The molecule has 0 rings (SSSR count). The van der Waals surface area contributed by atoms with Gasteiger partial charge in [0.2, 0.25) is 0 Å². The maximum Gasteiger partial charge on any atom is 0.319 e. The summed E-state index contributed by atoms with van der Waals surface area (Å²) in [5.74, 6) is 0. The predicted octanol–water partition coefficient (Wildman–Crippen LogP) is 3.07. The number of carbonyl (C=O) groups excluding carboxylic acids is 1. The fourth-order valence-electron chi connectivity index (χ4n) is 1.68. The summed E-state index contributed by atoms with van der Waals surface area (Å²) in [6.07, 6.45) is 12.9. The fourth-order valence-corrected chi connectivity index (χ4v) is 2.04. The highest BCUT2D eigenvalue weighted by molar-refractivity contribution is 6.57. The third-order valence-electron chi connectivity index (χ3n) is 2.63. The minimum Gasteiger partial charge on any atom is -0.322 e. The molecule has 0 radical (unpaired) electrons. The molecule has 14 heavy (non-hydrogen) atoms. The van der Waals surface area contributed by atoms with Crippen LogP contribution in [-0.2, 0) is 4.79 Å². The Kier molecular flexibility index (Phi) is 11.4. The monoisotopic (exact) mass is 212 g/mol. The van der Waals surface area contributed by atoms with Gasteiger partial charge in [0.15, 0.2) is 0 Å². The van der Waals surface area contributed by atoms with Crippen LogP contribution in [0.4, 0.5) is 0 Å². The second kappa shape index (κ2) is 11.3. The van der Waals surface area contributed by atoms with Crippen LogP contribution in [0.1, 0.15) is 71.1 Å². The number of rotatable bonds is 10. The third kappa shape index (κ3) is 12.2. The number of unbranched alkanes of at least 4 members (excludes halogenated alkanes) is 8. The van der Waals surface area contributed by atoms with E-state index < -0.39 is 0 Å². The molecule has 0 N–H and O–H groups in total. The van der Waals surface area contributed by atoms with Crippen molar-refractivity contribution in [2.24, 2.45) is 0 Å². The van der Waals surface area contributed by atoms with Crippen molar-refractivity contribution in [1.82, 2.24) is 0 Å². The van der Waals surface area contributed by atoms with Gasteiger partial charge in [0.25, 0.3) is 0 Å². The van der Waals surface area contributed by atoms with E-state index in [1.54, 1.807) is 0 Å². The van der Waals surface area contributed by atoms with Crippen molar-refractivity contribution >= 4 is 20.9 Å². The van der Waals surface area contributed by atoms with Gasteiger partial charge in [-0.2, -0.15) is 0 Å². The first kappa shape index (κ1) is 14.2. The summed E-state index contributed by atoms with van der Waals surface area (Å²) in [6, 6.07) is 0. The highest BCUT2D eigenvalue weighted by atomic mass is 27.0. The molecule has 0 aromatic carbocycles. The Hall–Kier alpha value is 0.202. The predicted molar refractivity (Wildman–Crippen MR) is 65.4 cm³/mol. The summed E-state index contributed by atoms with van der Waals surface area (Å²) in [7, 11) is 0. The minimum absolute atomic E-state index is 0.480. The molecule has 0 unspecified atom stereocenters. The zero-order chi connectivity index (χ0) is 10.6. The first-order chi connectivity index (χ1) is 6.77. The normalized spacial score (nSPS) is 10.4. The van der Waals surface area contributed by atoms with Gasteiger partial charge in [-0.1, -0.05) is 58.3 Å². The van der Waals surface area contributed by atoms with E-state index in [9.17, 15) is 4.79 Å². The maximum atomic E-state index is 10.7. The first-order valence-electron chi connectivity index (χ1n) is 6.26. The molecule has 0 aliphatic rings. The van der Waals surface area contributed by atoms with E-state index in [4.69, 9.17) is 0 Å². The number of hydrogen-bond acceptors (Lipinski definition) is 1. The van der Waals surface area contributed by atoms with Gasteiger partial charge in [0, 0.05) is 4.65 Å². The van der Waals surface area contributed by atoms with Gasteiger partial charge in [-0.3, -0.25) is 0 Å². The van der Waals surface area contributed by atoms with Gasteiger partial charge in [-0.15, -0.1) is 0 Å². The Morgan fingerprint density at radius 1 is 0.857 bits per heavy atom. The lowest BCUT2D eigenvalue weighted by atomic mass is 10.1. The molecule has 0 amide bonds. The summed E-state index contributed by atoms with van der Waals surface area (Å²) >= 11 is 0.751. The van der Waals surface area contributed by atoms with Gasteiger partial charge in [0.05, 0.1) is 0 Å². The highest BCUT2D eigenvalue weighted by Gasteiger charge is 1.94. The summed E-state index contributed by atoms with van der Waals surface area (Å²) in [5.41, 5.74) is 0. The topological polar surface area (TPSA) is 17.1 Å². The van der Waals surface area contributed by atoms with Crippen LogP contribution in [0.25, 0.3) is 0 Å². The number of hydrogen-bond donors (Lipinski definition) is 0. The third-order valence-corrected chi connectivity index (χ3v) is 3.13. The second-order valence-electron chi connectivity index (χ2n) is 4.28. The van der Waals surface area contributed by atoms with E-state index in [1.807, 2.05) is 0 Å². The molecule has 0 atom stereocenters. The Morgan fingerprint density at radius 2 is 1.29 bits per heavy atom. The van der Waals surface area contributed by atoms with Crippen molar-refractivity contribution in [3.05, 3.63) is 0 Å². The lowest BCUT2D eigenvalue weighted by Gasteiger charge is -2.00. The smallest absolute Gasteiger partial charge is 0.319 e. The van der Waals surface area contributed by atoms with E-state index in [2.05, 4.69) is 6.92 Å². The van der Waals surface area contributed by atoms with Crippen LogP contribution in [0.15, 0.2) is 0 Å². The van der Waals surface area contributed by atoms with Gasteiger partial charge >= 0.3 is 16.3 Å². The fraction of sp³-hybridized carbons (Fsp3) is 0.917. The van der Waals surface area contributed by atoms with Crippen molar-refractivity contribution in [1.29, 1.82) is 0 Å². The average molecular weight is 212 g/mol. The molecular formula is C12H25AlO. The van der Waals surface area contributed by atoms with E-state index in [0.29, 0.717) is 4.65 Å². The summed E-state index contributed by atoms with van der Waals surface area (Å²) in [5, 5.41) is 0. The molecule has 0 saturated heterocycles. The first-order valence-corrected chi connectivity index (χ1v) is 7.26. The largest absolute Gasteiger partial charge is 0.322 e. The van der Waals surface area contributed by atoms with E-state index >= 15 is 0 Å². The summed E-state index contributed by atoms with van der Waals surface area (Å²) in [6.45, 7) is 2.26. The molecule has 0 spiro atoms. The van der Waals surface area contributed by atoms with Crippen molar-refractivity contribution < 1.29 is 4.79 Å². The number of carbonyl (C=O) groups is 1. The van der Waals surface area contributed by atoms with Crippen LogP contribution in [0.5, 0.6) is 0 Å². The Labute approximate surface area is 97.1 Å². The van der Waals surface area contributed by atoms with Crippen molar-refractivity contribution in [3.63, 3.8) is 0 Å². The molecule has 82 valence electrons. The lowest BCUT2D eigenvalue weighted by molar-refractivity contribution is -0.111. The maximum absolute atomic E-state index is 10.7. The summed E-state index contributed by atoms with van der Waals surface area (Å²) < 4.78 is 0.480. The van der Waals surface area contributed by atoms with Crippen molar-refractivity contribution in [2.45, 2.75) is 71.1 Å². The van der Waals surface area contributed by atoms with E-state index in [1.165, 1.54) is 51.4 Å². The van der Waals surface area contributed by atoms with Crippen LogP contribution in [-0.4, -0.2) is 20.9 Å². The zero-order valence-corrected chi connectivity index (χ0v) is 12.0. The standard InChI is InChI=1S/C12H23O.Al.2H/c1-2-3-4-5-6-7-8-9-10-11-12-13;;;/h2-11H2,1H3;;;. The zero-order valence-electron chi connectivity index (χ0n) is 9.98. The van der Waals surface area contributed by atoms with Gasteiger partial charge < -0.3 is 4.79 Å². The van der Waals surface area contributed by atoms with E-state index in [0.717, 1.165) is 29.1 Å². The average Bonchev–Trinajstić information content (AvgIpc) is 2.15. The molecule has 0 bridgehead atoms. The van der Waals surface area contributed by atoms with Crippen LogP contribution in [0, 0.1) is 0 Å². The molecule has 2 heteroatoms. The highest BCUT2D eigenvalue weighted by Crippen LogP contribution is 2.10. The van der Waals surface area contributed by atoms with E-state index in [-0.39, 0.29) is 0 Å². The molecular weight excluding hydrogens is 187 g/mol. The quantitative estimate of drug-likeness (QED) is 0.402. The molecule has 0 fully saturated rings. The molecule has 0 aromatic heterocycles. The van der Waals surface area contributed by atoms with Gasteiger partial charge in [0.1, 0.15) is 0 Å². The van der Waals surface area contributed by atoms with Gasteiger partial charge in [-0.25, -0.2) is 0 Å². The van der Waals surface area contributed by atoms with Gasteiger partial charge in [-0.05, 0) is 12.8 Å². The Balaban J connectivity index is 2.88. The van der Waals surface area contributed by atoms with Crippen LogP contribution >= 0.6 is 0 Å². The minimum atomic E-state index is 0.480. The SMILES string of the molecule is CCCCCCCCCCC[C](=O)[AlH2]. The van der Waals surface area contributed by atoms with Crippen LogP contribution < -0.4 is 0 Å². The van der Waals surface area contributed by atoms with Crippen LogP contribution in [0.2, 0.25) is 0 Å². The Bertz CT molecular complexity index is 134. The molecule has 0 aromatic rings. The van der Waals surface area contributed by atoms with Crippen molar-refractivity contribution in [3.8, 4) is 0 Å². The molecule has 0 saturated carbocycles. The molecule has 0 heterocycles.